The molecule has 0 aliphatic heterocycles. The van der Waals surface area contributed by atoms with E-state index in [0.717, 1.165) is 0 Å². The van der Waals surface area contributed by atoms with E-state index in [-0.39, 0.29) is 19.0 Å². The van der Waals surface area contributed by atoms with Gasteiger partial charge in [-0.2, -0.15) is 0 Å². The van der Waals surface area contributed by atoms with Crippen LogP contribution in [-0.4, -0.2) is 23.4 Å². The van der Waals surface area contributed by atoms with E-state index in [1.165, 1.54) is 12.1 Å². The minimum Gasteiger partial charge on any atom is -0.394 e. The lowest BCUT2D eigenvalue weighted by atomic mass is 10.3. The van der Waals surface area contributed by atoms with Crippen molar-refractivity contribution in [2.24, 2.45) is 0 Å². The third kappa shape index (κ3) is 6.83. The molecule has 0 heterocycles. The molecule has 61 valence electrons. The highest BCUT2D eigenvalue weighted by Crippen LogP contribution is 2.04. The number of benzene rings is 1. The Balaban J connectivity index is 0.000000218. The van der Waals surface area contributed by atoms with Crippen LogP contribution in [0.1, 0.15) is 0 Å². The normalized spacial score (nSPS) is 8.18. The molecule has 0 aliphatic carbocycles. The van der Waals surface area contributed by atoms with Crippen molar-refractivity contribution in [1.29, 1.82) is 0 Å². The maximum Gasteiger partial charge on any atom is 0.178 e. The van der Waals surface area contributed by atoms with Crippen LogP contribution in [0.2, 0.25) is 0 Å². The number of aliphatic hydroxyl groups is 2. The zero-order chi connectivity index (χ0) is 8.53. The van der Waals surface area contributed by atoms with Crippen molar-refractivity contribution in [2.45, 2.75) is 0 Å². The lowest BCUT2D eigenvalue weighted by molar-refractivity contribution is 0.186. The van der Waals surface area contributed by atoms with Gasteiger partial charge in [0.05, 0.1) is 13.2 Å². The van der Waals surface area contributed by atoms with Gasteiger partial charge in [0.1, 0.15) is 0 Å². The number of rotatable bonds is 1. The molecule has 0 atom stereocenters. The van der Waals surface area contributed by atoms with Crippen LogP contribution in [0.15, 0.2) is 30.3 Å². The van der Waals surface area contributed by atoms with Gasteiger partial charge >= 0.3 is 0 Å². The summed E-state index contributed by atoms with van der Waals surface area (Å²) in [6.07, 6.45) is 0. The van der Waals surface area contributed by atoms with Gasteiger partial charge in [0.15, 0.2) is 5.75 Å². The average molecular weight is 155 g/mol. The lowest BCUT2D eigenvalue weighted by Crippen LogP contribution is -1.85. The molecule has 0 bridgehead atoms. The summed E-state index contributed by atoms with van der Waals surface area (Å²) in [5.41, 5.74) is 0. The van der Waals surface area contributed by atoms with E-state index < -0.39 is 0 Å². The highest BCUT2D eigenvalue weighted by atomic mass is 16.3. The van der Waals surface area contributed by atoms with E-state index in [4.69, 9.17) is 10.2 Å². The quantitative estimate of drug-likeness (QED) is 0.630. The fraction of sp³-hybridized carbons (Fsp3) is 0.250. The van der Waals surface area contributed by atoms with Crippen LogP contribution in [0.5, 0.6) is 5.75 Å². The van der Waals surface area contributed by atoms with Gasteiger partial charge in [-0.15, -0.1) is 0 Å². The van der Waals surface area contributed by atoms with Crippen LogP contribution in [0, 0.1) is 0 Å². The van der Waals surface area contributed by atoms with Crippen molar-refractivity contribution in [3.63, 3.8) is 0 Å². The first-order valence-corrected chi connectivity index (χ1v) is 3.25. The molecule has 1 aromatic rings. The first-order valence-electron chi connectivity index (χ1n) is 3.25. The molecule has 1 rings (SSSR count). The van der Waals surface area contributed by atoms with E-state index in [2.05, 4.69) is 0 Å². The van der Waals surface area contributed by atoms with Gasteiger partial charge in [-0.3, -0.25) is 5.11 Å². The Morgan fingerprint density at radius 3 is 1.64 bits per heavy atom. The van der Waals surface area contributed by atoms with Gasteiger partial charge in [-0.1, -0.05) is 18.2 Å². The summed E-state index contributed by atoms with van der Waals surface area (Å²) in [5.74, 6) is 0.0718. The van der Waals surface area contributed by atoms with Gasteiger partial charge < -0.3 is 10.2 Å². The second-order valence-corrected chi connectivity index (χ2v) is 1.76. The van der Waals surface area contributed by atoms with Crippen molar-refractivity contribution in [3.05, 3.63) is 30.3 Å². The molecule has 3 heteroatoms. The van der Waals surface area contributed by atoms with Crippen LogP contribution < -0.4 is 0 Å². The topological polar surface area (TPSA) is 60.4 Å². The molecule has 2 N–H and O–H groups in total. The van der Waals surface area contributed by atoms with Crippen molar-refractivity contribution in [2.75, 3.05) is 13.2 Å². The molecule has 0 unspecified atom stereocenters. The summed E-state index contributed by atoms with van der Waals surface area (Å²) in [6.45, 7) is -0.250. The van der Waals surface area contributed by atoms with Crippen molar-refractivity contribution >= 4 is 0 Å². The van der Waals surface area contributed by atoms with Gasteiger partial charge in [-0.05, 0) is 12.1 Å². The van der Waals surface area contributed by atoms with Crippen molar-refractivity contribution < 1.29 is 15.3 Å². The molecule has 0 fully saturated rings. The zero-order valence-electron chi connectivity index (χ0n) is 6.10. The molecule has 11 heavy (non-hydrogen) atoms. The molecule has 0 amide bonds. The smallest absolute Gasteiger partial charge is 0.178 e. The summed E-state index contributed by atoms with van der Waals surface area (Å²) < 4.78 is 0. The van der Waals surface area contributed by atoms with Crippen LogP contribution in [0.3, 0.4) is 0 Å². The van der Waals surface area contributed by atoms with Crippen molar-refractivity contribution in [3.8, 4) is 5.75 Å². The number of hydrogen-bond acceptors (Lipinski definition) is 2. The molecular weight excluding hydrogens is 144 g/mol. The molecule has 1 aromatic carbocycles. The van der Waals surface area contributed by atoms with E-state index in [9.17, 15) is 5.11 Å². The highest BCUT2D eigenvalue weighted by molar-refractivity contribution is 5.18. The highest BCUT2D eigenvalue weighted by Gasteiger charge is 1.78. The number of hydrogen-bond donors (Lipinski definition) is 2. The van der Waals surface area contributed by atoms with Gasteiger partial charge in [0, 0.05) is 0 Å². The largest absolute Gasteiger partial charge is 0.394 e. The molecule has 0 spiro atoms. The molecule has 0 saturated heterocycles. The Morgan fingerprint density at radius 2 is 1.45 bits per heavy atom. The van der Waals surface area contributed by atoms with E-state index in [1.807, 2.05) is 6.07 Å². The standard InChI is InChI=1S/C6H5O.C2H6O2/c7-6-4-2-1-3-5-6;3-1-2-4/h1-5H;3-4H,1-2H2. The molecule has 0 aliphatic rings. The summed E-state index contributed by atoms with van der Waals surface area (Å²) in [6, 6.07) is 8.33. The Bertz CT molecular complexity index is 160. The lowest BCUT2D eigenvalue weighted by Gasteiger charge is -1.77. The molecule has 0 saturated carbocycles. The second kappa shape index (κ2) is 7.05. The van der Waals surface area contributed by atoms with Crippen LogP contribution in [0.25, 0.3) is 0 Å². The van der Waals surface area contributed by atoms with E-state index >= 15 is 0 Å². The third-order valence-corrected chi connectivity index (χ3v) is 0.843. The van der Waals surface area contributed by atoms with E-state index in [0.29, 0.717) is 0 Å². The Labute approximate surface area is 65.5 Å². The predicted octanol–water partition coefficient (Wildman–Crippen LogP) is 0.801. The fourth-order valence-corrected chi connectivity index (χ4v) is 0.420. The second-order valence-electron chi connectivity index (χ2n) is 1.76. The minimum atomic E-state index is -0.125. The first-order chi connectivity index (χ1) is 5.31. The summed E-state index contributed by atoms with van der Waals surface area (Å²) in [7, 11) is 0. The van der Waals surface area contributed by atoms with Crippen LogP contribution >= 0.6 is 0 Å². The van der Waals surface area contributed by atoms with Crippen LogP contribution in [-0.2, 0) is 5.11 Å². The Morgan fingerprint density at radius 1 is 1.00 bits per heavy atom. The number of para-hydroxylation sites is 1. The Kier molecular flexibility index (Phi) is 6.37. The maximum absolute atomic E-state index is 10.3. The van der Waals surface area contributed by atoms with Gasteiger partial charge in [-0.25, -0.2) is 0 Å². The Hall–Kier alpha value is -1.06. The predicted molar refractivity (Wildman–Crippen MR) is 40.7 cm³/mol. The van der Waals surface area contributed by atoms with E-state index in [1.54, 1.807) is 12.1 Å². The monoisotopic (exact) mass is 155 g/mol. The minimum absolute atomic E-state index is 0.0718. The fourth-order valence-electron chi connectivity index (χ4n) is 0.420. The third-order valence-electron chi connectivity index (χ3n) is 0.843. The molecule has 3 nitrogen and oxygen atoms in total. The average Bonchev–Trinajstić information content (AvgIpc) is 2.07. The molecule has 1 radical (unpaired) electrons. The molecular formula is C8H11O3. The first kappa shape index (κ1) is 9.94. The summed E-state index contributed by atoms with van der Waals surface area (Å²) in [5, 5.41) is 25.5. The van der Waals surface area contributed by atoms with Gasteiger partial charge in [0.2, 0.25) is 0 Å². The maximum atomic E-state index is 10.3. The van der Waals surface area contributed by atoms with Crippen molar-refractivity contribution in [1.82, 2.24) is 0 Å². The molecule has 0 aromatic heterocycles. The zero-order valence-corrected chi connectivity index (χ0v) is 6.10. The number of aliphatic hydroxyl groups excluding tert-OH is 2. The van der Waals surface area contributed by atoms with Crippen LogP contribution in [0.4, 0.5) is 0 Å². The summed E-state index contributed by atoms with van der Waals surface area (Å²) in [4.78, 5) is 0. The summed E-state index contributed by atoms with van der Waals surface area (Å²) >= 11 is 0. The SMILES string of the molecule is OCCO.[O]c1ccccc1. The van der Waals surface area contributed by atoms with Gasteiger partial charge in [0.25, 0.3) is 0 Å².